The second-order valence-corrected chi connectivity index (χ2v) is 9.11. The molecule has 2 aromatic carbocycles. The summed E-state index contributed by atoms with van der Waals surface area (Å²) < 4.78 is 27.3. The van der Waals surface area contributed by atoms with E-state index in [0.717, 1.165) is 4.31 Å². The van der Waals surface area contributed by atoms with Crippen LogP contribution in [-0.2, 0) is 19.6 Å². The van der Waals surface area contributed by atoms with Crippen LogP contribution >= 0.6 is 0 Å². The molecule has 3 N–H and O–H groups in total. The molecule has 31 heavy (non-hydrogen) atoms. The lowest BCUT2D eigenvalue weighted by atomic mass is 10.2. The lowest BCUT2D eigenvalue weighted by Crippen LogP contribution is -2.35. The molecule has 1 aromatic heterocycles. The molecule has 0 unspecified atom stereocenters. The quantitative estimate of drug-likeness (QED) is 0.542. The number of likely N-dealkylation sites (N-methyl/N-ethyl adjacent to an activating group) is 1. The maximum absolute atomic E-state index is 13.2. The summed E-state index contributed by atoms with van der Waals surface area (Å²) in [6.45, 7) is 2.71. The van der Waals surface area contributed by atoms with Crippen molar-refractivity contribution in [1.82, 2.24) is 9.29 Å². The number of rotatable bonds is 6. The number of hydrogen-bond acceptors (Lipinski definition) is 5. The van der Waals surface area contributed by atoms with Crippen LogP contribution in [0.2, 0.25) is 0 Å². The molecular formula is C21H21N5O4S. The number of nitrogens with zero attached hydrogens (tertiary/aromatic N) is 2. The molecule has 3 rings (SSSR count). The SMILES string of the molecule is CC(=O)Nc1cccc(NC(=O)CN(C)S(=O)(=O)c2cc(C)cc3cc(C#N)[nH]c23)c1. The van der Waals surface area contributed by atoms with Crippen molar-refractivity contribution in [3.05, 3.63) is 53.7 Å². The van der Waals surface area contributed by atoms with Gasteiger partial charge in [-0.05, 0) is 48.9 Å². The van der Waals surface area contributed by atoms with Crippen molar-refractivity contribution in [3.63, 3.8) is 0 Å². The van der Waals surface area contributed by atoms with Gasteiger partial charge < -0.3 is 15.6 Å². The van der Waals surface area contributed by atoms with Gasteiger partial charge in [-0.1, -0.05) is 6.07 Å². The zero-order valence-electron chi connectivity index (χ0n) is 17.2. The Kier molecular flexibility index (Phi) is 6.10. The maximum Gasteiger partial charge on any atom is 0.245 e. The van der Waals surface area contributed by atoms with E-state index in [9.17, 15) is 18.0 Å². The van der Waals surface area contributed by atoms with Crippen LogP contribution in [0, 0.1) is 18.3 Å². The molecular weight excluding hydrogens is 418 g/mol. The van der Waals surface area contributed by atoms with Crippen molar-refractivity contribution in [2.45, 2.75) is 18.7 Å². The molecule has 0 saturated carbocycles. The van der Waals surface area contributed by atoms with Gasteiger partial charge in [-0.25, -0.2) is 8.42 Å². The number of amides is 2. The van der Waals surface area contributed by atoms with E-state index >= 15 is 0 Å². The number of nitriles is 1. The Labute approximate surface area is 179 Å². The number of hydrogen-bond donors (Lipinski definition) is 3. The number of nitrogens with one attached hydrogen (secondary N) is 3. The molecule has 160 valence electrons. The fraction of sp³-hybridized carbons (Fsp3) is 0.190. The summed E-state index contributed by atoms with van der Waals surface area (Å²) in [5, 5.41) is 15.0. The Morgan fingerprint density at radius 2 is 1.81 bits per heavy atom. The smallest absolute Gasteiger partial charge is 0.245 e. The number of sulfonamides is 1. The van der Waals surface area contributed by atoms with Gasteiger partial charge in [-0.3, -0.25) is 9.59 Å². The standard InChI is InChI=1S/C21H21N5O4S/c1-13-7-15-9-18(11-22)25-21(15)19(8-13)31(29,30)26(3)12-20(28)24-17-6-4-5-16(10-17)23-14(2)27/h4-10,25H,12H2,1-3H3,(H,23,27)(H,24,28). The van der Waals surface area contributed by atoms with Gasteiger partial charge in [0.05, 0.1) is 12.1 Å². The molecule has 9 nitrogen and oxygen atoms in total. The van der Waals surface area contributed by atoms with Crippen LogP contribution in [0.4, 0.5) is 11.4 Å². The Bertz CT molecular complexity index is 1320. The Balaban J connectivity index is 1.81. The molecule has 3 aromatic rings. The Hall–Kier alpha value is -3.68. The first-order valence-corrected chi connectivity index (χ1v) is 10.7. The van der Waals surface area contributed by atoms with Gasteiger partial charge in [0.2, 0.25) is 21.8 Å². The molecule has 10 heteroatoms. The number of anilines is 2. The second kappa shape index (κ2) is 8.59. The third-order valence-corrected chi connectivity index (χ3v) is 6.31. The molecule has 0 aliphatic heterocycles. The van der Waals surface area contributed by atoms with Crippen molar-refractivity contribution in [2.75, 3.05) is 24.2 Å². The van der Waals surface area contributed by atoms with Crippen LogP contribution in [0.5, 0.6) is 0 Å². The van der Waals surface area contributed by atoms with Crippen molar-refractivity contribution < 1.29 is 18.0 Å². The van der Waals surface area contributed by atoms with Crippen LogP contribution in [0.3, 0.4) is 0 Å². The van der Waals surface area contributed by atoms with Crippen LogP contribution < -0.4 is 10.6 Å². The number of carbonyl (C=O) groups excluding carboxylic acids is 2. The van der Waals surface area contributed by atoms with Gasteiger partial charge in [0, 0.05) is 30.7 Å². The fourth-order valence-corrected chi connectivity index (χ4v) is 4.54. The number of carbonyl (C=O) groups is 2. The average molecular weight is 439 g/mol. The van der Waals surface area contributed by atoms with Crippen molar-refractivity contribution in [2.24, 2.45) is 0 Å². The first kappa shape index (κ1) is 22.0. The second-order valence-electron chi connectivity index (χ2n) is 7.09. The van der Waals surface area contributed by atoms with Crippen LogP contribution in [0.1, 0.15) is 18.2 Å². The summed E-state index contributed by atoms with van der Waals surface area (Å²) in [4.78, 5) is 26.5. The van der Waals surface area contributed by atoms with Gasteiger partial charge in [0.25, 0.3) is 0 Å². The topological polar surface area (TPSA) is 135 Å². The minimum absolute atomic E-state index is 0.00745. The van der Waals surface area contributed by atoms with Crippen LogP contribution in [0.15, 0.2) is 47.4 Å². The van der Waals surface area contributed by atoms with Gasteiger partial charge in [0.1, 0.15) is 16.7 Å². The lowest BCUT2D eigenvalue weighted by molar-refractivity contribution is -0.116. The third kappa shape index (κ3) is 4.91. The molecule has 0 aliphatic carbocycles. The van der Waals surface area contributed by atoms with Gasteiger partial charge >= 0.3 is 0 Å². The highest BCUT2D eigenvalue weighted by molar-refractivity contribution is 7.89. The summed E-state index contributed by atoms with van der Waals surface area (Å²) >= 11 is 0. The number of aromatic nitrogens is 1. The number of aromatic amines is 1. The van der Waals surface area contributed by atoms with Crippen molar-refractivity contribution in [1.29, 1.82) is 5.26 Å². The van der Waals surface area contributed by atoms with E-state index in [0.29, 0.717) is 27.8 Å². The molecule has 0 spiro atoms. The Morgan fingerprint density at radius 1 is 1.13 bits per heavy atom. The Morgan fingerprint density at radius 3 is 2.45 bits per heavy atom. The van der Waals surface area contributed by atoms with E-state index in [-0.39, 0.29) is 16.5 Å². The van der Waals surface area contributed by atoms with Gasteiger partial charge in [-0.2, -0.15) is 9.57 Å². The third-order valence-electron chi connectivity index (χ3n) is 4.48. The predicted molar refractivity (Wildman–Crippen MR) is 117 cm³/mol. The molecule has 0 bridgehead atoms. The molecule has 0 radical (unpaired) electrons. The lowest BCUT2D eigenvalue weighted by Gasteiger charge is -2.18. The monoisotopic (exact) mass is 439 g/mol. The maximum atomic E-state index is 13.2. The normalized spacial score (nSPS) is 11.3. The van der Waals surface area contributed by atoms with Gasteiger partial charge in [0.15, 0.2) is 0 Å². The van der Waals surface area contributed by atoms with E-state index in [1.807, 2.05) is 6.07 Å². The first-order chi connectivity index (χ1) is 14.6. The van der Waals surface area contributed by atoms with Crippen LogP contribution in [-0.4, -0.2) is 43.1 Å². The van der Waals surface area contributed by atoms with Crippen molar-refractivity contribution in [3.8, 4) is 6.07 Å². The van der Waals surface area contributed by atoms with E-state index in [1.165, 1.54) is 20.0 Å². The highest BCUT2D eigenvalue weighted by atomic mass is 32.2. The summed E-state index contributed by atoms with van der Waals surface area (Å²) in [7, 11) is -2.71. The number of benzene rings is 2. The summed E-state index contributed by atoms with van der Waals surface area (Å²) in [6, 6.07) is 13.3. The zero-order valence-corrected chi connectivity index (χ0v) is 18.0. The van der Waals surface area contributed by atoms with Gasteiger partial charge in [-0.15, -0.1) is 0 Å². The fourth-order valence-electron chi connectivity index (χ4n) is 3.15. The summed E-state index contributed by atoms with van der Waals surface area (Å²) in [6.07, 6.45) is 0. The molecule has 0 aliphatic rings. The van der Waals surface area contributed by atoms with E-state index in [2.05, 4.69) is 15.6 Å². The van der Waals surface area contributed by atoms with E-state index in [4.69, 9.17) is 5.26 Å². The molecule has 0 atom stereocenters. The first-order valence-electron chi connectivity index (χ1n) is 9.27. The summed E-state index contributed by atoms with van der Waals surface area (Å²) in [5.74, 6) is -0.790. The average Bonchev–Trinajstić information content (AvgIpc) is 3.09. The zero-order chi connectivity index (χ0) is 22.8. The number of aryl methyl sites for hydroxylation is 1. The predicted octanol–water partition coefficient (Wildman–Crippen LogP) is 2.57. The molecule has 0 fully saturated rings. The largest absolute Gasteiger partial charge is 0.345 e. The molecule has 0 saturated heterocycles. The number of fused-ring (bicyclic) bond motifs is 1. The molecule has 1 heterocycles. The molecule has 2 amide bonds. The van der Waals surface area contributed by atoms with Crippen LogP contribution in [0.25, 0.3) is 10.9 Å². The van der Waals surface area contributed by atoms with Crippen molar-refractivity contribution >= 4 is 44.1 Å². The minimum atomic E-state index is -4.02. The van der Waals surface area contributed by atoms with E-state index < -0.39 is 22.5 Å². The highest BCUT2D eigenvalue weighted by Gasteiger charge is 2.26. The van der Waals surface area contributed by atoms with E-state index in [1.54, 1.807) is 43.3 Å². The summed E-state index contributed by atoms with van der Waals surface area (Å²) in [5.41, 5.74) is 2.20. The highest BCUT2D eigenvalue weighted by Crippen LogP contribution is 2.27. The minimum Gasteiger partial charge on any atom is -0.345 e. The number of H-pyrrole nitrogens is 1.